The Labute approximate surface area is 107 Å². The molecular weight excluding hydrogens is 236 g/mol. The van der Waals surface area contributed by atoms with Crippen molar-refractivity contribution in [2.24, 2.45) is 5.73 Å². The number of rotatable bonds is 4. The molecule has 0 aromatic heterocycles. The van der Waals surface area contributed by atoms with E-state index in [2.05, 4.69) is 5.32 Å². The molecule has 94 valence electrons. The van der Waals surface area contributed by atoms with Crippen LogP contribution in [0, 0.1) is 6.92 Å². The number of para-hydroxylation sites is 1. The number of halogens is 1. The number of anilines is 1. The highest BCUT2D eigenvalue weighted by Gasteiger charge is 2.27. The maximum atomic E-state index is 12.0. The standard InChI is InChI=1S/C13H19ClN2O/c1-4-8-13(3,15)12(17)16-11-9(2)6-5-7-10(11)14/h5-7H,4,8,15H2,1-3H3,(H,16,17). The first-order valence-electron chi connectivity index (χ1n) is 5.74. The molecular formula is C13H19ClN2O. The van der Waals surface area contributed by atoms with Gasteiger partial charge in [0.25, 0.3) is 0 Å². The van der Waals surface area contributed by atoms with Gasteiger partial charge in [0, 0.05) is 0 Å². The Morgan fingerprint density at radius 3 is 2.71 bits per heavy atom. The lowest BCUT2D eigenvalue weighted by Crippen LogP contribution is -2.48. The van der Waals surface area contributed by atoms with E-state index in [9.17, 15) is 4.79 Å². The third-order valence-electron chi connectivity index (χ3n) is 2.75. The number of aryl methyl sites for hydroxylation is 1. The molecule has 1 aromatic carbocycles. The fourth-order valence-electron chi connectivity index (χ4n) is 1.68. The Bertz CT molecular complexity index is 396. The Hall–Kier alpha value is -1.06. The molecule has 1 aromatic rings. The van der Waals surface area contributed by atoms with Crippen molar-refractivity contribution < 1.29 is 4.79 Å². The zero-order valence-corrected chi connectivity index (χ0v) is 11.3. The predicted octanol–water partition coefficient (Wildman–Crippen LogP) is 3.10. The lowest BCUT2D eigenvalue weighted by molar-refractivity contribution is -0.120. The topological polar surface area (TPSA) is 55.1 Å². The van der Waals surface area contributed by atoms with Gasteiger partial charge in [-0.05, 0) is 31.9 Å². The summed E-state index contributed by atoms with van der Waals surface area (Å²) >= 11 is 6.05. The highest BCUT2D eigenvalue weighted by molar-refractivity contribution is 6.34. The lowest BCUT2D eigenvalue weighted by Gasteiger charge is -2.23. The Morgan fingerprint density at radius 1 is 1.53 bits per heavy atom. The van der Waals surface area contributed by atoms with Gasteiger partial charge in [-0.2, -0.15) is 0 Å². The van der Waals surface area contributed by atoms with Gasteiger partial charge in [-0.3, -0.25) is 4.79 Å². The Kier molecular flexibility index (Phi) is 4.54. The van der Waals surface area contributed by atoms with Crippen LogP contribution in [0.5, 0.6) is 0 Å². The lowest BCUT2D eigenvalue weighted by atomic mass is 9.96. The van der Waals surface area contributed by atoms with Gasteiger partial charge >= 0.3 is 0 Å². The summed E-state index contributed by atoms with van der Waals surface area (Å²) in [6.07, 6.45) is 1.50. The van der Waals surface area contributed by atoms with E-state index in [0.717, 1.165) is 12.0 Å². The van der Waals surface area contributed by atoms with Crippen LogP contribution in [0.4, 0.5) is 5.69 Å². The fourth-order valence-corrected chi connectivity index (χ4v) is 1.95. The highest BCUT2D eigenvalue weighted by Crippen LogP contribution is 2.26. The molecule has 0 heterocycles. The minimum absolute atomic E-state index is 0.199. The number of carbonyl (C=O) groups is 1. The van der Waals surface area contributed by atoms with Gasteiger partial charge in [0.2, 0.25) is 5.91 Å². The zero-order valence-electron chi connectivity index (χ0n) is 10.5. The first kappa shape index (κ1) is 14.0. The summed E-state index contributed by atoms with van der Waals surface area (Å²) in [4.78, 5) is 12.0. The molecule has 0 bridgehead atoms. The predicted molar refractivity (Wildman–Crippen MR) is 72.3 cm³/mol. The minimum atomic E-state index is -0.861. The van der Waals surface area contributed by atoms with Gasteiger partial charge in [-0.15, -0.1) is 0 Å². The Balaban J connectivity index is 2.88. The van der Waals surface area contributed by atoms with E-state index in [0.29, 0.717) is 17.1 Å². The van der Waals surface area contributed by atoms with E-state index in [4.69, 9.17) is 17.3 Å². The monoisotopic (exact) mass is 254 g/mol. The smallest absolute Gasteiger partial charge is 0.244 e. The van der Waals surface area contributed by atoms with Crippen molar-refractivity contribution in [1.29, 1.82) is 0 Å². The van der Waals surface area contributed by atoms with Crippen molar-refractivity contribution in [3.63, 3.8) is 0 Å². The van der Waals surface area contributed by atoms with Crippen LogP contribution in [0.2, 0.25) is 5.02 Å². The van der Waals surface area contributed by atoms with Crippen molar-refractivity contribution in [2.75, 3.05) is 5.32 Å². The van der Waals surface area contributed by atoms with Gasteiger partial charge in [-0.1, -0.05) is 37.1 Å². The summed E-state index contributed by atoms with van der Waals surface area (Å²) in [6.45, 7) is 5.63. The van der Waals surface area contributed by atoms with E-state index in [1.54, 1.807) is 13.0 Å². The number of carbonyl (C=O) groups excluding carboxylic acids is 1. The van der Waals surface area contributed by atoms with Crippen LogP contribution in [0.1, 0.15) is 32.3 Å². The van der Waals surface area contributed by atoms with E-state index < -0.39 is 5.54 Å². The van der Waals surface area contributed by atoms with Crippen LogP contribution < -0.4 is 11.1 Å². The van der Waals surface area contributed by atoms with E-state index in [1.807, 2.05) is 26.0 Å². The molecule has 1 rings (SSSR count). The first-order chi connectivity index (χ1) is 7.88. The number of nitrogens with two attached hydrogens (primary N) is 1. The average molecular weight is 255 g/mol. The number of hydrogen-bond donors (Lipinski definition) is 2. The summed E-state index contributed by atoms with van der Waals surface area (Å²) < 4.78 is 0. The second kappa shape index (κ2) is 5.52. The largest absolute Gasteiger partial charge is 0.323 e. The summed E-state index contributed by atoms with van der Waals surface area (Å²) in [6, 6.07) is 5.49. The summed E-state index contributed by atoms with van der Waals surface area (Å²) in [5.41, 5.74) is 6.68. The maximum absolute atomic E-state index is 12.0. The van der Waals surface area contributed by atoms with Crippen molar-refractivity contribution in [3.8, 4) is 0 Å². The van der Waals surface area contributed by atoms with E-state index in [1.165, 1.54) is 0 Å². The third kappa shape index (κ3) is 3.45. The van der Waals surface area contributed by atoms with Crippen LogP contribution in [-0.2, 0) is 4.79 Å². The van der Waals surface area contributed by atoms with Crippen molar-refractivity contribution in [1.82, 2.24) is 0 Å². The molecule has 0 aliphatic carbocycles. The zero-order chi connectivity index (χ0) is 13.1. The van der Waals surface area contributed by atoms with Crippen LogP contribution in [0.3, 0.4) is 0 Å². The molecule has 3 nitrogen and oxygen atoms in total. The number of hydrogen-bond acceptors (Lipinski definition) is 2. The molecule has 0 radical (unpaired) electrons. The molecule has 3 N–H and O–H groups in total. The Morgan fingerprint density at radius 2 is 2.18 bits per heavy atom. The van der Waals surface area contributed by atoms with E-state index in [-0.39, 0.29) is 5.91 Å². The molecule has 1 unspecified atom stereocenters. The number of benzene rings is 1. The van der Waals surface area contributed by atoms with Crippen LogP contribution in [-0.4, -0.2) is 11.4 Å². The molecule has 17 heavy (non-hydrogen) atoms. The van der Waals surface area contributed by atoms with Gasteiger partial charge in [0.1, 0.15) is 0 Å². The molecule has 0 aliphatic rings. The molecule has 0 spiro atoms. The van der Waals surface area contributed by atoms with Gasteiger partial charge < -0.3 is 11.1 Å². The summed E-state index contributed by atoms with van der Waals surface area (Å²) in [5, 5.41) is 3.34. The summed E-state index contributed by atoms with van der Waals surface area (Å²) in [7, 11) is 0. The number of amides is 1. The molecule has 0 aliphatic heterocycles. The fraction of sp³-hybridized carbons (Fsp3) is 0.462. The SMILES string of the molecule is CCCC(C)(N)C(=O)Nc1c(C)cccc1Cl. The average Bonchev–Trinajstić information content (AvgIpc) is 2.23. The maximum Gasteiger partial charge on any atom is 0.244 e. The van der Waals surface area contributed by atoms with E-state index >= 15 is 0 Å². The molecule has 1 atom stereocenters. The highest BCUT2D eigenvalue weighted by atomic mass is 35.5. The van der Waals surface area contributed by atoms with Crippen molar-refractivity contribution in [3.05, 3.63) is 28.8 Å². The van der Waals surface area contributed by atoms with Crippen LogP contribution >= 0.6 is 11.6 Å². The second-order valence-corrected chi connectivity index (χ2v) is 4.96. The number of nitrogens with one attached hydrogen (secondary N) is 1. The quantitative estimate of drug-likeness (QED) is 0.868. The van der Waals surface area contributed by atoms with Gasteiger partial charge in [0.05, 0.1) is 16.2 Å². The molecule has 0 fully saturated rings. The van der Waals surface area contributed by atoms with Crippen LogP contribution in [0.15, 0.2) is 18.2 Å². The van der Waals surface area contributed by atoms with Crippen LogP contribution in [0.25, 0.3) is 0 Å². The first-order valence-corrected chi connectivity index (χ1v) is 6.11. The molecule has 0 saturated heterocycles. The third-order valence-corrected chi connectivity index (χ3v) is 3.06. The normalized spacial score (nSPS) is 14.2. The summed E-state index contributed by atoms with van der Waals surface area (Å²) in [5.74, 6) is -0.199. The minimum Gasteiger partial charge on any atom is -0.323 e. The molecule has 4 heteroatoms. The van der Waals surface area contributed by atoms with Gasteiger partial charge in [0.15, 0.2) is 0 Å². The van der Waals surface area contributed by atoms with Crippen molar-refractivity contribution in [2.45, 2.75) is 39.2 Å². The van der Waals surface area contributed by atoms with Crippen molar-refractivity contribution >= 4 is 23.2 Å². The van der Waals surface area contributed by atoms with Gasteiger partial charge in [-0.25, -0.2) is 0 Å². The molecule has 0 saturated carbocycles. The molecule has 1 amide bonds. The second-order valence-electron chi connectivity index (χ2n) is 4.55.